The fraction of sp³-hybridized carbons (Fsp3) is 0.312. The number of amides is 1. The molecule has 2 aromatic rings. The average Bonchev–Trinajstić information content (AvgIpc) is 2.86. The summed E-state index contributed by atoms with van der Waals surface area (Å²) in [6, 6.07) is 10.9. The standard InChI is InChI=1S/C16H19NO3S/c1-11(2)17-16(18)15-8-7-13(20-15)10-21(19)14-6-4-5-12(3)9-14/h4-9,11H,10H2,1-3H3,(H,17,18)/t21-/m1/s1. The molecule has 4 nitrogen and oxygen atoms in total. The molecule has 1 amide bonds. The lowest BCUT2D eigenvalue weighted by Crippen LogP contribution is -2.29. The van der Waals surface area contributed by atoms with Crippen molar-refractivity contribution in [3.63, 3.8) is 0 Å². The van der Waals surface area contributed by atoms with E-state index in [1.165, 1.54) is 0 Å². The van der Waals surface area contributed by atoms with Crippen molar-refractivity contribution in [1.82, 2.24) is 5.32 Å². The maximum Gasteiger partial charge on any atom is 0.287 e. The van der Waals surface area contributed by atoms with Crippen molar-refractivity contribution in [3.8, 4) is 0 Å². The van der Waals surface area contributed by atoms with Gasteiger partial charge in [-0.25, -0.2) is 0 Å². The molecule has 0 unspecified atom stereocenters. The predicted octanol–water partition coefficient (Wildman–Crippen LogP) is 3.03. The Kier molecular flexibility index (Phi) is 4.96. The Morgan fingerprint density at radius 3 is 2.71 bits per heavy atom. The van der Waals surface area contributed by atoms with Gasteiger partial charge in [-0.05, 0) is 50.6 Å². The van der Waals surface area contributed by atoms with Crippen LogP contribution >= 0.6 is 0 Å². The molecule has 2 rings (SSSR count). The molecule has 1 heterocycles. The van der Waals surface area contributed by atoms with Crippen LogP contribution in [0.3, 0.4) is 0 Å². The van der Waals surface area contributed by atoms with Gasteiger partial charge in [0, 0.05) is 10.9 Å². The number of aryl methyl sites for hydroxylation is 1. The zero-order valence-corrected chi connectivity index (χ0v) is 13.2. The molecule has 21 heavy (non-hydrogen) atoms. The Balaban J connectivity index is 2.05. The Morgan fingerprint density at radius 1 is 1.29 bits per heavy atom. The minimum absolute atomic E-state index is 0.0486. The highest BCUT2D eigenvalue weighted by molar-refractivity contribution is 7.84. The Bertz CT molecular complexity index is 661. The van der Waals surface area contributed by atoms with Crippen LogP contribution in [0.15, 0.2) is 45.7 Å². The van der Waals surface area contributed by atoms with Gasteiger partial charge in [-0.2, -0.15) is 0 Å². The van der Waals surface area contributed by atoms with Crippen LogP contribution < -0.4 is 5.32 Å². The van der Waals surface area contributed by atoms with Crippen LogP contribution in [0, 0.1) is 6.92 Å². The first-order valence-electron chi connectivity index (χ1n) is 6.80. The number of carbonyl (C=O) groups excluding carboxylic acids is 1. The summed E-state index contributed by atoms with van der Waals surface area (Å²) in [5, 5.41) is 2.76. The van der Waals surface area contributed by atoms with E-state index >= 15 is 0 Å². The third-order valence-electron chi connectivity index (χ3n) is 2.83. The molecular formula is C16H19NO3S. The summed E-state index contributed by atoms with van der Waals surface area (Å²) in [5.41, 5.74) is 1.07. The van der Waals surface area contributed by atoms with Crippen molar-refractivity contribution < 1.29 is 13.4 Å². The quantitative estimate of drug-likeness (QED) is 0.923. The fourth-order valence-corrected chi connectivity index (χ4v) is 3.01. The summed E-state index contributed by atoms with van der Waals surface area (Å²) < 4.78 is 17.7. The molecule has 1 atom stereocenters. The van der Waals surface area contributed by atoms with Gasteiger partial charge in [-0.1, -0.05) is 12.1 Å². The summed E-state index contributed by atoms with van der Waals surface area (Å²) >= 11 is 0. The second kappa shape index (κ2) is 6.72. The molecule has 0 bridgehead atoms. The molecular weight excluding hydrogens is 286 g/mol. The molecule has 1 aromatic carbocycles. The molecule has 0 radical (unpaired) electrons. The number of hydrogen-bond donors (Lipinski definition) is 1. The van der Waals surface area contributed by atoms with Gasteiger partial charge in [-0.3, -0.25) is 9.00 Å². The molecule has 0 aliphatic carbocycles. The molecule has 1 N–H and O–H groups in total. The smallest absolute Gasteiger partial charge is 0.287 e. The normalized spacial score (nSPS) is 12.4. The maximum absolute atomic E-state index is 12.3. The number of furan rings is 1. The first kappa shape index (κ1) is 15.5. The van der Waals surface area contributed by atoms with Crippen molar-refractivity contribution in [3.05, 3.63) is 53.5 Å². The third kappa shape index (κ3) is 4.29. The fourth-order valence-electron chi connectivity index (χ4n) is 1.88. The van der Waals surface area contributed by atoms with Crippen molar-refractivity contribution >= 4 is 16.7 Å². The van der Waals surface area contributed by atoms with E-state index in [0.717, 1.165) is 10.5 Å². The minimum atomic E-state index is -1.18. The molecule has 0 fully saturated rings. The Hall–Kier alpha value is -1.88. The molecule has 0 saturated heterocycles. The van der Waals surface area contributed by atoms with E-state index in [-0.39, 0.29) is 23.5 Å². The van der Waals surface area contributed by atoms with Crippen LogP contribution in [-0.2, 0) is 16.6 Å². The third-order valence-corrected chi connectivity index (χ3v) is 4.16. The summed E-state index contributed by atoms with van der Waals surface area (Å²) in [6.07, 6.45) is 0. The summed E-state index contributed by atoms with van der Waals surface area (Å²) in [4.78, 5) is 12.6. The van der Waals surface area contributed by atoms with Crippen molar-refractivity contribution in [1.29, 1.82) is 0 Å². The van der Waals surface area contributed by atoms with Crippen LogP contribution in [0.25, 0.3) is 0 Å². The van der Waals surface area contributed by atoms with Gasteiger partial charge in [0.2, 0.25) is 0 Å². The van der Waals surface area contributed by atoms with Gasteiger partial charge in [0.1, 0.15) is 5.76 Å². The van der Waals surface area contributed by atoms with E-state index in [2.05, 4.69) is 5.32 Å². The highest BCUT2D eigenvalue weighted by Gasteiger charge is 2.14. The topological polar surface area (TPSA) is 59.3 Å². The number of hydrogen-bond acceptors (Lipinski definition) is 3. The van der Waals surface area contributed by atoms with Gasteiger partial charge < -0.3 is 9.73 Å². The molecule has 0 saturated carbocycles. The summed E-state index contributed by atoms with van der Waals surface area (Å²) in [7, 11) is -1.18. The highest BCUT2D eigenvalue weighted by atomic mass is 32.2. The molecule has 0 aliphatic rings. The summed E-state index contributed by atoms with van der Waals surface area (Å²) in [5.74, 6) is 0.805. The Morgan fingerprint density at radius 2 is 2.05 bits per heavy atom. The predicted molar refractivity (Wildman–Crippen MR) is 82.6 cm³/mol. The summed E-state index contributed by atoms with van der Waals surface area (Å²) in [6.45, 7) is 5.73. The lowest BCUT2D eigenvalue weighted by molar-refractivity contribution is 0.0913. The van der Waals surface area contributed by atoms with Crippen LogP contribution in [0.5, 0.6) is 0 Å². The van der Waals surface area contributed by atoms with E-state index in [4.69, 9.17) is 4.42 Å². The first-order valence-corrected chi connectivity index (χ1v) is 8.12. The SMILES string of the molecule is Cc1cccc([S@](=O)Cc2ccc(C(=O)NC(C)C)o2)c1. The number of nitrogens with one attached hydrogen (secondary N) is 1. The Labute approximate surface area is 127 Å². The monoisotopic (exact) mass is 305 g/mol. The highest BCUT2D eigenvalue weighted by Crippen LogP contribution is 2.16. The zero-order chi connectivity index (χ0) is 15.4. The number of carbonyl (C=O) groups is 1. The van der Waals surface area contributed by atoms with E-state index in [0.29, 0.717) is 5.76 Å². The van der Waals surface area contributed by atoms with E-state index in [1.807, 2.05) is 45.0 Å². The molecule has 0 aliphatic heterocycles. The van der Waals surface area contributed by atoms with E-state index < -0.39 is 10.8 Å². The van der Waals surface area contributed by atoms with Gasteiger partial charge in [-0.15, -0.1) is 0 Å². The van der Waals surface area contributed by atoms with Gasteiger partial charge in [0.15, 0.2) is 5.76 Å². The van der Waals surface area contributed by atoms with E-state index in [1.54, 1.807) is 12.1 Å². The molecule has 0 spiro atoms. The van der Waals surface area contributed by atoms with Crippen LogP contribution in [-0.4, -0.2) is 16.2 Å². The number of rotatable bonds is 5. The van der Waals surface area contributed by atoms with Crippen LogP contribution in [0.4, 0.5) is 0 Å². The van der Waals surface area contributed by atoms with Gasteiger partial charge in [0.25, 0.3) is 5.91 Å². The minimum Gasteiger partial charge on any atom is -0.455 e. The van der Waals surface area contributed by atoms with Crippen LogP contribution in [0.2, 0.25) is 0 Å². The molecule has 5 heteroatoms. The lowest BCUT2D eigenvalue weighted by Gasteiger charge is -2.05. The van der Waals surface area contributed by atoms with Crippen molar-refractivity contribution in [2.24, 2.45) is 0 Å². The van der Waals surface area contributed by atoms with Crippen LogP contribution in [0.1, 0.15) is 35.7 Å². The number of benzene rings is 1. The second-order valence-electron chi connectivity index (χ2n) is 5.20. The molecule has 1 aromatic heterocycles. The maximum atomic E-state index is 12.3. The lowest BCUT2D eigenvalue weighted by atomic mass is 10.2. The van der Waals surface area contributed by atoms with Gasteiger partial charge >= 0.3 is 0 Å². The van der Waals surface area contributed by atoms with Crippen molar-refractivity contribution in [2.75, 3.05) is 0 Å². The van der Waals surface area contributed by atoms with E-state index in [9.17, 15) is 9.00 Å². The second-order valence-corrected chi connectivity index (χ2v) is 6.65. The average molecular weight is 305 g/mol. The zero-order valence-electron chi connectivity index (χ0n) is 12.4. The van der Waals surface area contributed by atoms with Crippen molar-refractivity contribution in [2.45, 2.75) is 37.5 Å². The van der Waals surface area contributed by atoms with Gasteiger partial charge in [0.05, 0.1) is 16.6 Å². The largest absolute Gasteiger partial charge is 0.455 e. The molecule has 112 valence electrons. The first-order chi connectivity index (χ1) is 9.95.